The lowest BCUT2D eigenvalue weighted by Crippen LogP contribution is -1.90. The van der Waals surface area contributed by atoms with Crippen molar-refractivity contribution in [3.8, 4) is 11.1 Å². The molecule has 0 aliphatic heterocycles. The van der Waals surface area contributed by atoms with Gasteiger partial charge in [0.15, 0.2) is 0 Å². The van der Waals surface area contributed by atoms with Gasteiger partial charge in [-0.25, -0.2) is 9.37 Å². The summed E-state index contributed by atoms with van der Waals surface area (Å²) < 4.78 is 13.5. The largest absolute Gasteiger partial charge is 0.264 e. The fourth-order valence-electron chi connectivity index (χ4n) is 1.37. The molecular weight excluding hydrogens is 215 g/mol. The highest BCUT2D eigenvalue weighted by atomic mass is 35.5. The van der Waals surface area contributed by atoms with Crippen LogP contribution in [0.4, 0.5) is 4.39 Å². The summed E-state index contributed by atoms with van der Waals surface area (Å²) in [6, 6.07) is 3.32. The average molecular weight is 223 g/mol. The molecule has 0 amide bonds. The minimum atomic E-state index is -0.393. The number of hydrogen-bond acceptors (Lipinski definition) is 2. The maximum absolute atomic E-state index is 13.5. The zero-order valence-corrected chi connectivity index (χ0v) is 8.79. The van der Waals surface area contributed by atoms with Gasteiger partial charge in [0.05, 0.1) is 6.20 Å². The van der Waals surface area contributed by atoms with Gasteiger partial charge in [0, 0.05) is 23.5 Å². The summed E-state index contributed by atoms with van der Waals surface area (Å²) in [4.78, 5) is 7.63. The maximum atomic E-state index is 13.5. The van der Waals surface area contributed by atoms with E-state index in [2.05, 4.69) is 9.97 Å². The van der Waals surface area contributed by atoms with Crippen LogP contribution in [0.15, 0.2) is 30.7 Å². The zero-order chi connectivity index (χ0) is 10.8. The van der Waals surface area contributed by atoms with Crippen molar-refractivity contribution in [1.29, 1.82) is 0 Å². The third-order valence-corrected chi connectivity index (χ3v) is 2.36. The van der Waals surface area contributed by atoms with E-state index < -0.39 is 5.82 Å². The van der Waals surface area contributed by atoms with Crippen molar-refractivity contribution < 1.29 is 4.39 Å². The van der Waals surface area contributed by atoms with E-state index in [-0.39, 0.29) is 5.15 Å². The number of halogens is 2. The second kappa shape index (κ2) is 3.95. The molecule has 0 aliphatic carbocycles. The van der Waals surface area contributed by atoms with Crippen LogP contribution in [0.25, 0.3) is 11.1 Å². The molecule has 0 bridgehead atoms. The number of pyridine rings is 2. The Morgan fingerprint density at radius 3 is 2.80 bits per heavy atom. The first-order valence-corrected chi connectivity index (χ1v) is 4.78. The van der Waals surface area contributed by atoms with Gasteiger partial charge in [-0.3, -0.25) is 4.98 Å². The van der Waals surface area contributed by atoms with Crippen molar-refractivity contribution >= 4 is 11.6 Å². The molecule has 76 valence electrons. The lowest BCUT2D eigenvalue weighted by molar-refractivity contribution is 0.625. The third-order valence-electron chi connectivity index (χ3n) is 2.15. The van der Waals surface area contributed by atoms with Gasteiger partial charge in [0.25, 0.3) is 0 Å². The van der Waals surface area contributed by atoms with E-state index >= 15 is 0 Å². The van der Waals surface area contributed by atoms with Gasteiger partial charge in [-0.1, -0.05) is 11.6 Å². The molecule has 2 nitrogen and oxygen atoms in total. The minimum Gasteiger partial charge on any atom is -0.264 e. The molecule has 0 N–H and O–H groups in total. The quantitative estimate of drug-likeness (QED) is 0.693. The fourth-order valence-corrected chi connectivity index (χ4v) is 1.52. The Hall–Kier alpha value is -1.48. The van der Waals surface area contributed by atoms with Gasteiger partial charge >= 0.3 is 0 Å². The molecule has 2 aromatic rings. The van der Waals surface area contributed by atoms with Crippen LogP contribution < -0.4 is 0 Å². The minimum absolute atomic E-state index is 0.273. The molecule has 0 saturated carbocycles. The van der Waals surface area contributed by atoms with Crippen molar-refractivity contribution in [3.05, 3.63) is 47.3 Å². The smallest absolute Gasteiger partial charge is 0.149 e. The molecule has 0 aliphatic rings. The van der Waals surface area contributed by atoms with Crippen molar-refractivity contribution in [2.75, 3.05) is 0 Å². The summed E-state index contributed by atoms with van der Waals surface area (Å²) in [6.45, 7) is 1.89. The van der Waals surface area contributed by atoms with Crippen molar-refractivity contribution in [2.45, 2.75) is 6.92 Å². The molecule has 0 fully saturated rings. The molecule has 4 heteroatoms. The molecule has 0 aromatic carbocycles. The van der Waals surface area contributed by atoms with Crippen molar-refractivity contribution in [3.63, 3.8) is 0 Å². The van der Waals surface area contributed by atoms with Crippen LogP contribution in [-0.4, -0.2) is 9.97 Å². The van der Waals surface area contributed by atoms with E-state index in [4.69, 9.17) is 11.6 Å². The first-order valence-electron chi connectivity index (χ1n) is 4.40. The van der Waals surface area contributed by atoms with Gasteiger partial charge in [-0.05, 0) is 24.6 Å². The van der Waals surface area contributed by atoms with E-state index in [1.165, 1.54) is 6.07 Å². The maximum Gasteiger partial charge on any atom is 0.149 e. The number of hydrogen-bond donors (Lipinski definition) is 0. The molecule has 0 saturated heterocycles. The topological polar surface area (TPSA) is 25.8 Å². The molecule has 2 aromatic heterocycles. The highest BCUT2D eigenvalue weighted by Crippen LogP contribution is 2.26. The molecule has 0 spiro atoms. The predicted molar refractivity (Wildman–Crippen MR) is 57.2 cm³/mol. The lowest BCUT2D eigenvalue weighted by Gasteiger charge is -2.05. The van der Waals surface area contributed by atoms with Gasteiger partial charge in [-0.15, -0.1) is 0 Å². The van der Waals surface area contributed by atoms with Crippen LogP contribution in [-0.2, 0) is 0 Å². The van der Waals surface area contributed by atoms with Crippen LogP contribution in [0.5, 0.6) is 0 Å². The van der Waals surface area contributed by atoms with E-state index in [0.717, 1.165) is 17.3 Å². The SMILES string of the molecule is Cc1ccncc1-c1cc(Cl)ncc1F. The molecule has 0 radical (unpaired) electrons. The third kappa shape index (κ3) is 1.97. The number of rotatable bonds is 1. The highest BCUT2D eigenvalue weighted by molar-refractivity contribution is 6.29. The second-order valence-electron chi connectivity index (χ2n) is 3.18. The van der Waals surface area contributed by atoms with E-state index in [1.54, 1.807) is 12.4 Å². The van der Waals surface area contributed by atoms with Crippen LogP contribution in [0, 0.1) is 12.7 Å². The van der Waals surface area contributed by atoms with Crippen molar-refractivity contribution in [2.24, 2.45) is 0 Å². The molecule has 2 heterocycles. The Bertz CT molecular complexity index is 500. The standard InChI is InChI=1S/C11H8ClFN2/c1-7-2-3-14-5-9(7)8-4-11(12)15-6-10(8)13/h2-6H,1H3. The summed E-state index contributed by atoms with van der Waals surface area (Å²) in [5, 5.41) is 0.273. The van der Waals surface area contributed by atoms with Gasteiger partial charge in [-0.2, -0.15) is 0 Å². The van der Waals surface area contributed by atoms with Crippen LogP contribution in [0.3, 0.4) is 0 Å². The van der Waals surface area contributed by atoms with E-state index in [0.29, 0.717) is 5.56 Å². The Kier molecular flexibility index (Phi) is 2.64. The molecule has 0 unspecified atom stereocenters. The fraction of sp³-hybridized carbons (Fsp3) is 0.0909. The Morgan fingerprint density at radius 1 is 1.27 bits per heavy atom. The first kappa shape index (κ1) is 10.1. The van der Waals surface area contributed by atoms with Crippen LogP contribution >= 0.6 is 11.6 Å². The zero-order valence-electron chi connectivity index (χ0n) is 8.04. The van der Waals surface area contributed by atoms with Gasteiger partial charge in [0.2, 0.25) is 0 Å². The van der Waals surface area contributed by atoms with E-state index in [9.17, 15) is 4.39 Å². The normalized spacial score (nSPS) is 10.3. The summed E-state index contributed by atoms with van der Waals surface area (Å²) in [6.07, 6.45) is 4.40. The molecule has 2 rings (SSSR count). The van der Waals surface area contributed by atoms with Crippen molar-refractivity contribution in [1.82, 2.24) is 9.97 Å². The number of nitrogens with zero attached hydrogens (tertiary/aromatic N) is 2. The van der Waals surface area contributed by atoms with Gasteiger partial charge < -0.3 is 0 Å². The summed E-state index contributed by atoms with van der Waals surface area (Å²) >= 11 is 5.72. The number of aromatic nitrogens is 2. The van der Waals surface area contributed by atoms with Crippen LogP contribution in [0.2, 0.25) is 5.15 Å². The Morgan fingerprint density at radius 2 is 2.07 bits per heavy atom. The first-order chi connectivity index (χ1) is 7.18. The Labute approximate surface area is 91.8 Å². The second-order valence-corrected chi connectivity index (χ2v) is 3.56. The van der Waals surface area contributed by atoms with Gasteiger partial charge in [0.1, 0.15) is 11.0 Å². The predicted octanol–water partition coefficient (Wildman–Crippen LogP) is 3.24. The highest BCUT2D eigenvalue weighted by Gasteiger charge is 2.08. The molecule has 15 heavy (non-hydrogen) atoms. The number of aryl methyl sites for hydroxylation is 1. The monoisotopic (exact) mass is 222 g/mol. The summed E-state index contributed by atoms with van der Waals surface area (Å²) in [5.74, 6) is -0.393. The summed E-state index contributed by atoms with van der Waals surface area (Å²) in [7, 11) is 0. The lowest BCUT2D eigenvalue weighted by atomic mass is 10.0. The molecular formula is C11H8ClFN2. The Balaban J connectivity index is 2.64. The van der Waals surface area contributed by atoms with E-state index in [1.807, 2.05) is 13.0 Å². The average Bonchev–Trinajstić information content (AvgIpc) is 2.23. The molecule has 0 atom stereocenters. The van der Waals surface area contributed by atoms with Crippen LogP contribution in [0.1, 0.15) is 5.56 Å². The summed E-state index contributed by atoms with van der Waals surface area (Å²) in [5.41, 5.74) is 2.12.